The van der Waals surface area contributed by atoms with Crippen LogP contribution in [0.2, 0.25) is 0 Å². The molecule has 0 aromatic heterocycles. The zero-order valence-electron chi connectivity index (χ0n) is 14.0. The minimum absolute atomic E-state index is 0.103. The summed E-state index contributed by atoms with van der Waals surface area (Å²) in [4.78, 5) is 11.3. The molecule has 2 nitrogen and oxygen atoms in total. The van der Waals surface area contributed by atoms with Crippen molar-refractivity contribution in [2.75, 3.05) is 0 Å². The largest absolute Gasteiger partial charge is 0.369 e. The molecule has 1 rings (SSSR count). The maximum absolute atomic E-state index is 11.3. The second-order valence-corrected chi connectivity index (χ2v) is 7.93. The van der Waals surface area contributed by atoms with Gasteiger partial charge in [0.2, 0.25) is 5.91 Å². The number of carbonyl (C=O) groups is 1. The minimum atomic E-state index is -0.233. The van der Waals surface area contributed by atoms with Gasteiger partial charge in [0.25, 0.3) is 0 Å². The standard InChI is InChI=1S/C18H29NO/c1-12(16(19)20)8-13-9-14(17(2,3)4)11-15(10-13)18(5,6)7/h9-12H,8H2,1-7H3,(H2,19,20). The van der Waals surface area contributed by atoms with E-state index in [-0.39, 0.29) is 22.7 Å². The van der Waals surface area contributed by atoms with Crippen molar-refractivity contribution in [1.29, 1.82) is 0 Å². The van der Waals surface area contributed by atoms with E-state index in [4.69, 9.17) is 5.73 Å². The van der Waals surface area contributed by atoms with Gasteiger partial charge in [0.15, 0.2) is 0 Å². The van der Waals surface area contributed by atoms with Gasteiger partial charge in [-0.2, -0.15) is 0 Å². The maximum Gasteiger partial charge on any atom is 0.220 e. The van der Waals surface area contributed by atoms with Gasteiger partial charge in [0.05, 0.1) is 0 Å². The summed E-state index contributed by atoms with van der Waals surface area (Å²) in [5, 5.41) is 0. The van der Waals surface area contributed by atoms with Gasteiger partial charge in [-0.25, -0.2) is 0 Å². The molecule has 1 aromatic rings. The summed E-state index contributed by atoms with van der Waals surface area (Å²) in [6.45, 7) is 15.2. The molecule has 0 saturated carbocycles. The van der Waals surface area contributed by atoms with Gasteiger partial charge in [-0.1, -0.05) is 66.7 Å². The second kappa shape index (κ2) is 5.59. The normalized spacial score (nSPS) is 14.2. The molecule has 0 radical (unpaired) electrons. The molecule has 112 valence electrons. The fourth-order valence-electron chi connectivity index (χ4n) is 2.13. The van der Waals surface area contributed by atoms with Crippen LogP contribution in [0.15, 0.2) is 18.2 Å². The number of rotatable bonds is 3. The average molecular weight is 275 g/mol. The summed E-state index contributed by atoms with van der Waals surface area (Å²) in [7, 11) is 0. The Morgan fingerprint density at radius 3 is 1.70 bits per heavy atom. The number of primary amides is 1. The molecular formula is C18H29NO. The van der Waals surface area contributed by atoms with Crippen LogP contribution < -0.4 is 5.73 Å². The molecule has 0 aliphatic carbocycles. The maximum atomic E-state index is 11.3. The van der Waals surface area contributed by atoms with E-state index < -0.39 is 0 Å². The summed E-state index contributed by atoms with van der Waals surface area (Å²) < 4.78 is 0. The number of amides is 1. The molecule has 0 heterocycles. The lowest BCUT2D eigenvalue weighted by Crippen LogP contribution is -2.23. The van der Waals surface area contributed by atoms with E-state index in [0.717, 1.165) is 0 Å². The molecule has 1 aromatic carbocycles. The SMILES string of the molecule is CC(Cc1cc(C(C)(C)C)cc(C(C)(C)C)c1)C(N)=O. The van der Waals surface area contributed by atoms with Crippen LogP contribution in [0.3, 0.4) is 0 Å². The van der Waals surface area contributed by atoms with Crippen LogP contribution in [0.5, 0.6) is 0 Å². The number of hydrogen-bond donors (Lipinski definition) is 1. The summed E-state index contributed by atoms with van der Waals surface area (Å²) in [6.07, 6.45) is 0.711. The van der Waals surface area contributed by atoms with Gasteiger partial charge in [-0.3, -0.25) is 4.79 Å². The van der Waals surface area contributed by atoms with Crippen LogP contribution in [-0.4, -0.2) is 5.91 Å². The Labute approximate surface area is 123 Å². The van der Waals surface area contributed by atoms with Gasteiger partial charge in [0, 0.05) is 5.92 Å². The smallest absolute Gasteiger partial charge is 0.220 e. The molecule has 2 N–H and O–H groups in total. The Hall–Kier alpha value is -1.31. The molecule has 1 unspecified atom stereocenters. The highest BCUT2D eigenvalue weighted by Crippen LogP contribution is 2.31. The van der Waals surface area contributed by atoms with Crippen LogP contribution in [0, 0.1) is 5.92 Å². The number of nitrogens with two attached hydrogens (primary N) is 1. The summed E-state index contributed by atoms with van der Waals surface area (Å²) in [5.74, 6) is -0.360. The van der Waals surface area contributed by atoms with E-state index in [0.29, 0.717) is 6.42 Å². The number of carbonyl (C=O) groups excluding carboxylic acids is 1. The van der Waals surface area contributed by atoms with E-state index in [1.165, 1.54) is 16.7 Å². The monoisotopic (exact) mass is 275 g/mol. The van der Waals surface area contributed by atoms with E-state index in [2.05, 4.69) is 59.7 Å². The van der Waals surface area contributed by atoms with Crippen molar-refractivity contribution in [3.8, 4) is 0 Å². The van der Waals surface area contributed by atoms with E-state index in [9.17, 15) is 4.79 Å². The van der Waals surface area contributed by atoms with Crippen molar-refractivity contribution in [1.82, 2.24) is 0 Å². The topological polar surface area (TPSA) is 43.1 Å². The third-order valence-electron chi connectivity index (χ3n) is 3.75. The fraction of sp³-hybridized carbons (Fsp3) is 0.611. The Bertz CT molecular complexity index is 457. The number of benzene rings is 1. The highest BCUT2D eigenvalue weighted by atomic mass is 16.1. The van der Waals surface area contributed by atoms with E-state index in [1.54, 1.807) is 0 Å². The van der Waals surface area contributed by atoms with Crippen LogP contribution in [0.4, 0.5) is 0 Å². The lowest BCUT2D eigenvalue weighted by Gasteiger charge is -2.26. The first-order valence-electron chi connectivity index (χ1n) is 7.35. The molecule has 0 spiro atoms. The molecule has 0 saturated heterocycles. The van der Waals surface area contributed by atoms with Crippen LogP contribution in [-0.2, 0) is 22.0 Å². The molecule has 1 atom stereocenters. The fourth-order valence-corrected chi connectivity index (χ4v) is 2.13. The quantitative estimate of drug-likeness (QED) is 0.892. The van der Waals surface area contributed by atoms with Crippen molar-refractivity contribution < 1.29 is 4.79 Å². The van der Waals surface area contributed by atoms with Crippen LogP contribution in [0.1, 0.15) is 65.2 Å². The van der Waals surface area contributed by atoms with Gasteiger partial charge < -0.3 is 5.73 Å². The molecule has 1 amide bonds. The second-order valence-electron chi connectivity index (χ2n) is 7.93. The molecule has 0 aliphatic rings. The van der Waals surface area contributed by atoms with Gasteiger partial charge in [-0.05, 0) is 33.9 Å². The molecule has 0 aliphatic heterocycles. The Kier molecular flexibility index (Phi) is 4.68. The van der Waals surface area contributed by atoms with E-state index >= 15 is 0 Å². The van der Waals surface area contributed by atoms with Crippen molar-refractivity contribution in [2.45, 2.75) is 65.7 Å². The van der Waals surface area contributed by atoms with Gasteiger partial charge >= 0.3 is 0 Å². The Morgan fingerprint density at radius 1 is 1.00 bits per heavy atom. The molecule has 20 heavy (non-hydrogen) atoms. The lowest BCUT2D eigenvalue weighted by molar-refractivity contribution is -0.121. The zero-order valence-corrected chi connectivity index (χ0v) is 14.0. The molecule has 0 bridgehead atoms. The van der Waals surface area contributed by atoms with Crippen molar-refractivity contribution >= 4 is 5.91 Å². The highest BCUT2D eigenvalue weighted by molar-refractivity contribution is 5.76. The van der Waals surface area contributed by atoms with Crippen molar-refractivity contribution in [3.05, 3.63) is 34.9 Å². The molecule has 2 heteroatoms. The first kappa shape index (κ1) is 16.7. The third-order valence-corrected chi connectivity index (χ3v) is 3.75. The Morgan fingerprint density at radius 2 is 1.40 bits per heavy atom. The van der Waals surface area contributed by atoms with Crippen molar-refractivity contribution in [2.24, 2.45) is 11.7 Å². The van der Waals surface area contributed by atoms with Crippen LogP contribution in [0.25, 0.3) is 0 Å². The summed E-state index contributed by atoms with van der Waals surface area (Å²) >= 11 is 0. The summed E-state index contributed by atoms with van der Waals surface area (Å²) in [5.41, 5.74) is 9.43. The first-order chi connectivity index (χ1) is 8.91. The van der Waals surface area contributed by atoms with Crippen LogP contribution >= 0.6 is 0 Å². The average Bonchev–Trinajstić information content (AvgIpc) is 2.26. The lowest BCUT2D eigenvalue weighted by atomic mass is 9.79. The third kappa shape index (κ3) is 4.36. The predicted molar refractivity (Wildman–Crippen MR) is 85.9 cm³/mol. The summed E-state index contributed by atoms with van der Waals surface area (Å²) in [6, 6.07) is 6.72. The number of hydrogen-bond acceptors (Lipinski definition) is 1. The van der Waals surface area contributed by atoms with Gasteiger partial charge in [0.1, 0.15) is 0 Å². The van der Waals surface area contributed by atoms with E-state index in [1.807, 2.05) is 6.92 Å². The highest BCUT2D eigenvalue weighted by Gasteiger charge is 2.21. The minimum Gasteiger partial charge on any atom is -0.369 e. The zero-order chi connectivity index (χ0) is 15.7. The Balaban J connectivity index is 3.28. The first-order valence-corrected chi connectivity index (χ1v) is 7.35. The molecular weight excluding hydrogens is 246 g/mol. The predicted octanol–water partition coefficient (Wildman–Crippen LogP) is 3.95. The molecule has 0 fully saturated rings. The van der Waals surface area contributed by atoms with Crippen molar-refractivity contribution in [3.63, 3.8) is 0 Å². The van der Waals surface area contributed by atoms with Gasteiger partial charge in [-0.15, -0.1) is 0 Å².